The molecular formula is C12H16ClN3. The molecule has 0 bridgehead atoms. The summed E-state index contributed by atoms with van der Waals surface area (Å²) in [7, 11) is 0. The molecule has 1 aromatic heterocycles. The number of rotatable bonds is 1. The first kappa shape index (κ1) is 10.5. The zero-order valence-corrected chi connectivity index (χ0v) is 9.87. The van der Waals surface area contributed by atoms with E-state index in [0.717, 1.165) is 18.4 Å². The summed E-state index contributed by atoms with van der Waals surface area (Å²) in [6, 6.07) is 4.40. The molecule has 0 aliphatic carbocycles. The highest BCUT2D eigenvalue weighted by Gasteiger charge is 2.33. The minimum Gasteiger partial charge on any atom is -0.316 e. The number of halogens is 1. The first-order valence-corrected chi connectivity index (χ1v) is 6.26. The van der Waals surface area contributed by atoms with Crippen molar-refractivity contribution in [1.29, 1.82) is 0 Å². The number of piperidine rings is 1. The highest BCUT2D eigenvalue weighted by molar-refractivity contribution is 6.29. The summed E-state index contributed by atoms with van der Waals surface area (Å²) >= 11 is 5.80. The zero-order valence-electron chi connectivity index (χ0n) is 9.12. The average Bonchev–Trinajstić information content (AvgIpc) is 2.77. The van der Waals surface area contributed by atoms with Gasteiger partial charge in [-0.1, -0.05) is 17.7 Å². The Labute approximate surface area is 101 Å². The second kappa shape index (κ2) is 4.32. The smallest absolute Gasteiger partial charge is 0.129 e. The molecular weight excluding hydrogens is 222 g/mol. The van der Waals surface area contributed by atoms with Crippen molar-refractivity contribution in [3.63, 3.8) is 0 Å². The van der Waals surface area contributed by atoms with Gasteiger partial charge in [0.15, 0.2) is 0 Å². The lowest BCUT2D eigenvalue weighted by Crippen LogP contribution is -2.38. The predicted molar refractivity (Wildman–Crippen MR) is 64.5 cm³/mol. The van der Waals surface area contributed by atoms with Crippen LogP contribution in [0.25, 0.3) is 0 Å². The maximum Gasteiger partial charge on any atom is 0.129 e. The quantitative estimate of drug-likeness (QED) is 0.729. The fraction of sp³-hybridized carbons (Fsp3) is 0.583. The van der Waals surface area contributed by atoms with Gasteiger partial charge in [0.25, 0.3) is 0 Å². The van der Waals surface area contributed by atoms with Crippen molar-refractivity contribution >= 4 is 11.6 Å². The predicted octanol–water partition coefficient (Wildman–Crippen LogP) is 1.60. The van der Waals surface area contributed by atoms with Crippen LogP contribution in [0, 0.1) is 11.8 Å². The molecule has 3 nitrogen and oxygen atoms in total. The summed E-state index contributed by atoms with van der Waals surface area (Å²) in [4.78, 5) is 4.15. The molecule has 3 rings (SSSR count). The van der Waals surface area contributed by atoms with Gasteiger partial charge in [-0.25, -0.2) is 4.98 Å². The van der Waals surface area contributed by atoms with E-state index in [4.69, 9.17) is 11.6 Å². The van der Waals surface area contributed by atoms with Crippen molar-refractivity contribution in [2.24, 2.45) is 11.8 Å². The van der Waals surface area contributed by atoms with Crippen LogP contribution in [0.3, 0.4) is 0 Å². The number of pyridine rings is 1. The number of aromatic nitrogens is 1. The van der Waals surface area contributed by atoms with Crippen molar-refractivity contribution in [2.45, 2.75) is 12.5 Å². The Balaban J connectivity index is 1.74. The van der Waals surface area contributed by atoms with E-state index in [1.54, 1.807) is 0 Å². The molecule has 86 valence electrons. The first-order valence-electron chi connectivity index (χ1n) is 5.88. The van der Waals surface area contributed by atoms with Crippen LogP contribution in [0.2, 0.25) is 5.15 Å². The SMILES string of the molecule is Clc1ccc(C2CC3CNCC3CN2)cn1. The highest BCUT2D eigenvalue weighted by Crippen LogP contribution is 2.32. The lowest BCUT2D eigenvalue weighted by molar-refractivity contribution is 0.260. The third-order valence-electron chi connectivity index (χ3n) is 3.80. The van der Waals surface area contributed by atoms with E-state index in [1.807, 2.05) is 12.3 Å². The van der Waals surface area contributed by atoms with Gasteiger partial charge in [-0.3, -0.25) is 0 Å². The molecule has 4 heteroatoms. The molecule has 3 atom stereocenters. The van der Waals surface area contributed by atoms with E-state index in [-0.39, 0.29) is 0 Å². The van der Waals surface area contributed by atoms with E-state index in [1.165, 1.54) is 25.1 Å². The Morgan fingerprint density at radius 1 is 1.19 bits per heavy atom. The van der Waals surface area contributed by atoms with Crippen molar-refractivity contribution in [3.8, 4) is 0 Å². The lowest BCUT2D eigenvalue weighted by Gasteiger charge is -2.32. The van der Waals surface area contributed by atoms with Crippen LogP contribution in [0.15, 0.2) is 18.3 Å². The lowest BCUT2D eigenvalue weighted by atomic mass is 9.84. The molecule has 0 aromatic carbocycles. The maximum atomic E-state index is 5.80. The van der Waals surface area contributed by atoms with Gasteiger partial charge in [-0.15, -0.1) is 0 Å². The van der Waals surface area contributed by atoms with Crippen LogP contribution < -0.4 is 10.6 Å². The molecule has 3 unspecified atom stereocenters. The molecule has 2 N–H and O–H groups in total. The van der Waals surface area contributed by atoms with Gasteiger partial charge in [0.2, 0.25) is 0 Å². The average molecular weight is 238 g/mol. The van der Waals surface area contributed by atoms with Crippen LogP contribution >= 0.6 is 11.6 Å². The third-order valence-corrected chi connectivity index (χ3v) is 4.02. The van der Waals surface area contributed by atoms with Gasteiger partial charge in [-0.2, -0.15) is 0 Å². The largest absolute Gasteiger partial charge is 0.316 e. The standard InChI is InChI=1S/C12H16ClN3/c13-12-2-1-8(6-16-12)11-3-9-4-14-5-10(9)7-15-11/h1-2,6,9-11,14-15H,3-5,7H2. The Bertz CT molecular complexity index is 365. The summed E-state index contributed by atoms with van der Waals surface area (Å²) < 4.78 is 0. The van der Waals surface area contributed by atoms with E-state index in [2.05, 4.69) is 21.7 Å². The Hall–Kier alpha value is -0.640. The number of nitrogens with one attached hydrogen (secondary N) is 2. The van der Waals surface area contributed by atoms with E-state index in [9.17, 15) is 0 Å². The first-order chi connectivity index (χ1) is 7.83. The molecule has 2 aliphatic heterocycles. The van der Waals surface area contributed by atoms with E-state index >= 15 is 0 Å². The van der Waals surface area contributed by atoms with Crippen LogP contribution in [0.4, 0.5) is 0 Å². The number of hydrogen-bond donors (Lipinski definition) is 2. The van der Waals surface area contributed by atoms with Crippen LogP contribution in [0.5, 0.6) is 0 Å². The second-order valence-electron chi connectivity index (χ2n) is 4.79. The molecule has 2 saturated heterocycles. The molecule has 3 heterocycles. The summed E-state index contributed by atoms with van der Waals surface area (Å²) in [5.74, 6) is 1.64. The number of hydrogen-bond acceptors (Lipinski definition) is 3. The minimum atomic E-state index is 0.450. The molecule has 1 aromatic rings. The topological polar surface area (TPSA) is 37.0 Å². The van der Waals surface area contributed by atoms with Gasteiger partial charge >= 0.3 is 0 Å². The summed E-state index contributed by atoms with van der Waals surface area (Å²) in [6.45, 7) is 3.46. The molecule has 0 amide bonds. The van der Waals surface area contributed by atoms with E-state index < -0.39 is 0 Å². The molecule has 2 fully saturated rings. The van der Waals surface area contributed by atoms with Crippen molar-refractivity contribution in [1.82, 2.24) is 15.6 Å². The van der Waals surface area contributed by atoms with Gasteiger partial charge in [0.05, 0.1) is 0 Å². The van der Waals surface area contributed by atoms with Gasteiger partial charge in [0, 0.05) is 18.8 Å². The minimum absolute atomic E-state index is 0.450. The molecule has 16 heavy (non-hydrogen) atoms. The second-order valence-corrected chi connectivity index (χ2v) is 5.18. The van der Waals surface area contributed by atoms with E-state index in [0.29, 0.717) is 11.2 Å². The summed E-state index contributed by atoms with van der Waals surface area (Å²) in [5, 5.41) is 7.64. The van der Waals surface area contributed by atoms with Gasteiger partial charge in [-0.05, 0) is 43.0 Å². The fourth-order valence-electron chi connectivity index (χ4n) is 2.83. The van der Waals surface area contributed by atoms with Crippen molar-refractivity contribution < 1.29 is 0 Å². The van der Waals surface area contributed by atoms with Gasteiger partial charge < -0.3 is 10.6 Å². The molecule has 0 radical (unpaired) electrons. The molecule has 2 aliphatic rings. The van der Waals surface area contributed by atoms with Crippen LogP contribution in [-0.4, -0.2) is 24.6 Å². The molecule has 0 saturated carbocycles. The van der Waals surface area contributed by atoms with Crippen molar-refractivity contribution in [3.05, 3.63) is 29.0 Å². The number of fused-ring (bicyclic) bond motifs is 1. The van der Waals surface area contributed by atoms with Crippen LogP contribution in [-0.2, 0) is 0 Å². The van der Waals surface area contributed by atoms with Crippen molar-refractivity contribution in [2.75, 3.05) is 19.6 Å². The molecule has 0 spiro atoms. The highest BCUT2D eigenvalue weighted by atomic mass is 35.5. The summed E-state index contributed by atoms with van der Waals surface area (Å²) in [5.41, 5.74) is 1.26. The van der Waals surface area contributed by atoms with Gasteiger partial charge in [0.1, 0.15) is 5.15 Å². The number of nitrogens with zero attached hydrogens (tertiary/aromatic N) is 1. The monoisotopic (exact) mass is 237 g/mol. The normalized spacial score (nSPS) is 33.7. The Morgan fingerprint density at radius 2 is 2.06 bits per heavy atom. The maximum absolute atomic E-state index is 5.80. The fourth-order valence-corrected chi connectivity index (χ4v) is 2.94. The van der Waals surface area contributed by atoms with Crippen LogP contribution in [0.1, 0.15) is 18.0 Å². The Kier molecular flexibility index (Phi) is 2.84. The zero-order chi connectivity index (χ0) is 11.0. The summed E-state index contributed by atoms with van der Waals surface area (Å²) in [6.07, 6.45) is 3.10. The third kappa shape index (κ3) is 1.95. The Morgan fingerprint density at radius 3 is 2.88 bits per heavy atom.